The molecule has 1 fully saturated rings. The molecule has 1 rings (SSSR count). The summed E-state index contributed by atoms with van der Waals surface area (Å²) in [5.74, 6) is -0.510. The molecule has 1 saturated heterocycles. The molecule has 1 heterocycles. The van der Waals surface area contributed by atoms with Crippen LogP contribution in [0, 0.1) is 0 Å². The Morgan fingerprint density at radius 2 is 2.11 bits per heavy atom. The fraction of sp³-hybridized carbons (Fsp3) is 0.692. The molecule has 0 spiro atoms. The van der Waals surface area contributed by atoms with Crippen LogP contribution in [-0.2, 0) is 19.0 Å². The van der Waals surface area contributed by atoms with Crippen LogP contribution in [0.15, 0.2) is 12.7 Å². The highest BCUT2D eigenvalue weighted by Crippen LogP contribution is 2.28. The normalized spacial score (nSPS) is 17.3. The van der Waals surface area contributed by atoms with Gasteiger partial charge in [-0.15, -0.1) is 0 Å². The van der Waals surface area contributed by atoms with E-state index >= 15 is 0 Å². The van der Waals surface area contributed by atoms with Crippen LogP contribution in [0.4, 0.5) is 4.79 Å². The molecule has 0 saturated carbocycles. The largest absolute Gasteiger partial charge is 0.461 e. The van der Waals surface area contributed by atoms with Crippen molar-refractivity contribution in [3.63, 3.8) is 0 Å². The minimum Gasteiger partial charge on any atom is -0.461 e. The van der Waals surface area contributed by atoms with Crippen molar-refractivity contribution in [2.24, 2.45) is 0 Å². The van der Waals surface area contributed by atoms with E-state index in [4.69, 9.17) is 14.2 Å². The zero-order valence-corrected chi connectivity index (χ0v) is 11.3. The zero-order chi connectivity index (χ0) is 14.1. The second-order valence-electron chi connectivity index (χ2n) is 4.34. The summed E-state index contributed by atoms with van der Waals surface area (Å²) in [6.07, 6.45) is 2.77. The van der Waals surface area contributed by atoms with Gasteiger partial charge in [-0.1, -0.05) is 13.5 Å². The molecule has 19 heavy (non-hydrogen) atoms. The molecule has 1 aliphatic heterocycles. The number of nitrogens with one attached hydrogen (secondary N) is 1. The highest BCUT2D eigenvalue weighted by Gasteiger charge is 2.34. The fourth-order valence-electron chi connectivity index (χ4n) is 1.87. The smallest absolute Gasteiger partial charge is 0.407 e. The predicted molar refractivity (Wildman–Crippen MR) is 68.7 cm³/mol. The Labute approximate surface area is 113 Å². The number of amides is 1. The van der Waals surface area contributed by atoms with Crippen molar-refractivity contribution in [1.82, 2.24) is 5.32 Å². The Morgan fingerprint density at radius 1 is 1.42 bits per heavy atom. The lowest BCUT2D eigenvalue weighted by Crippen LogP contribution is -2.43. The van der Waals surface area contributed by atoms with E-state index in [1.807, 2.05) is 6.92 Å². The maximum atomic E-state index is 11.7. The molecule has 0 atom stereocenters. The van der Waals surface area contributed by atoms with E-state index in [0.717, 1.165) is 12.5 Å². The number of carbonyl (C=O) groups excluding carboxylic acids is 2. The van der Waals surface area contributed by atoms with Crippen LogP contribution in [0.1, 0.15) is 26.2 Å². The molecule has 0 unspecified atom stereocenters. The lowest BCUT2D eigenvalue weighted by Gasteiger charge is -2.35. The third-order valence-electron chi connectivity index (χ3n) is 3.14. The first kappa shape index (κ1) is 15.5. The Morgan fingerprint density at radius 3 is 2.68 bits per heavy atom. The summed E-state index contributed by atoms with van der Waals surface area (Å²) >= 11 is 0. The van der Waals surface area contributed by atoms with Gasteiger partial charge in [0.15, 0.2) is 0 Å². The van der Waals surface area contributed by atoms with Gasteiger partial charge in [0.1, 0.15) is 12.2 Å². The van der Waals surface area contributed by atoms with Gasteiger partial charge >= 0.3 is 12.1 Å². The molecule has 0 aliphatic carbocycles. The molecule has 6 heteroatoms. The van der Waals surface area contributed by atoms with Gasteiger partial charge in [-0.05, 0) is 6.42 Å². The molecule has 0 aromatic carbocycles. The molecule has 0 aromatic rings. The first-order valence-electron chi connectivity index (χ1n) is 6.45. The summed E-state index contributed by atoms with van der Waals surface area (Å²) in [5, 5.41) is 2.56. The van der Waals surface area contributed by atoms with Gasteiger partial charge in [-0.25, -0.2) is 9.59 Å². The third kappa shape index (κ3) is 5.30. The Kier molecular flexibility index (Phi) is 6.35. The number of hydrogen-bond donors (Lipinski definition) is 1. The standard InChI is InChI=1S/C13H21NO5/c1-3-11(15)18-10-7-14-12(16)19-13(4-2)5-8-17-9-6-13/h3H,1,4-10H2,2H3,(H,14,16). The first-order valence-corrected chi connectivity index (χ1v) is 6.45. The van der Waals surface area contributed by atoms with Gasteiger partial charge in [0.05, 0.1) is 19.8 Å². The van der Waals surface area contributed by atoms with Crippen LogP contribution in [0.3, 0.4) is 0 Å². The molecular weight excluding hydrogens is 250 g/mol. The Hall–Kier alpha value is -1.56. The van der Waals surface area contributed by atoms with Crippen LogP contribution in [0.25, 0.3) is 0 Å². The maximum absolute atomic E-state index is 11.7. The number of ether oxygens (including phenoxy) is 3. The first-order chi connectivity index (χ1) is 9.12. The van der Waals surface area contributed by atoms with E-state index in [-0.39, 0.29) is 13.2 Å². The molecule has 0 aromatic heterocycles. The average molecular weight is 271 g/mol. The Bertz CT molecular complexity index is 323. The number of alkyl carbamates (subject to hydrolysis) is 1. The lowest BCUT2D eigenvalue weighted by molar-refractivity contribution is -0.137. The molecule has 1 N–H and O–H groups in total. The van der Waals surface area contributed by atoms with Crippen molar-refractivity contribution in [3.05, 3.63) is 12.7 Å². The van der Waals surface area contributed by atoms with Crippen LogP contribution in [0.5, 0.6) is 0 Å². The van der Waals surface area contributed by atoms with Crippen LogP contribution < -0.4 is 5.32 Å². The van der Waals surface area contributed by atoms with Gasteiger partial charge in [-0.3, -0.25) is 0 Å². The van der Waals surface area contributed by atoms with E-state index in [2.05, 4.69) is 11.9 Å². The highest BCUT2D eigenvalue weighted by atomic mass is 16.6. The van der Waals surface area contributed by atoms with Gasteiger partial charge < -0.3 is 19.5 Å². The van der Waals surface area contributed by atoms with Gasteiger partial charge in [-0.2, -0.15) is 0 Å². The van der Waals surface area contributed by atoms with Gasteiger partial charge in [0.25, 0.3) is 0 Å². The SMILES string of the molecule is C=CC(=O)OCCNC(=O)OC1(CC)CCOCC1. The highest BCUT2D eigenvalue weighted by molar-refractivity contribution is 5.81. The van der Waals surface area contributed by atoms with E-state index in [0.29, 0.717) is 26.1 Å². The zero-order valence-electron chi connectivity index (χ0n) is 11.3. The van der Waals surface area contributed by atoms with Crippen molar-refractivity contribution in [2.45, 2.75) is 31.8 Å². The van der Waals surface area contributed by atoms with Crippen molar-refractivity contribution in [3.8, 4) is 0 Å². The number of esters is 1. The second kappa shape index (κ2) is 7.78. The van der Waals surface area contributed by atoms with Crippen LogP contribution in [-0.4, -0.2) is 44.0 Å². The fourth-order valence-corrected chi connectivity index (χ4v) is 1.87. The number of hydrogen-bond acceptors (Lipinski definition) is 5. The number of carbonyl (C=O) groups is 2. The molecule has 0 radical (unpaired) electrons. The second-order valence-corrected chi connectivity index (χ2v) is 4.34. The molecule has 6 nitrogen and oxygen atoms in total. The monoisotopic (exact) mass is 271 g/mol. The van der Waals surface area contributed by atoms with Crippen molar-refractivity contribution in [2.75, 3.05) is 26.4 Å². The summed E-state index contributed by atoms with van der Waals surface area (Å²) in [7, 11) is 0. The van der Waals surface area contributed by atoms with Gasteiger partial charge in [0.2, 0.25) is 0 Å². The third-order valence-corrected chi connectivity index (χ3v) is 3.14. The summed E-state index contributed by atoms with van der Waals surface area (Å²) in [5.41, 5.74) is -0.430. The average Bonchev–Trinajstić information content (AvgIpc) is 2.44. The molecule has 0 bridgehead atoms. The molecule has 1 amide bonds. The van der Waals surface area contributed by atoms with E-state index in [1.54, 1.807) is 0 Å². The predicted octanol–water partition coefficient (Wildman–Crippen LogP) is 1.40. The lowest BCUT2D eigenvalue weighted by atomic mass is 9.91. The molecule has 108 valence electrons. The van der Waals surface area contributed by atoms with E-state index < -0.39 is 17.7 Å². The summed E-state index contributed by atoms with van der Waals surface area (Å²) in [6, 6.07) is 0. The minimum atomic E-state index is -0.510. The van der Waals surface area contributed by atoms with Crippen LogP contribution in [0.2, 0.25) is 0 Å². The molecular formula is C13H21NO5. The summed E-state index contributed by atoms with van der Waals surface area (Å²) < 4.78 is 15.5. The Balaban J connectivity index is 2.25. The van der Waals surface area contributed by atoms with Crippen molar-refractivity contribution in [1.29, 1.82) is 0 Å². The topological polar surface area (TPSA) is 73.9 Å². The van der Waals surface area contributed by atoms with E-state index in [1.165, 1.54) is 0 Å². The van der Waals surface area contributed by atoms with E-state index in [9.17, 15) is 9.59 Å². The number of rotatable bonds is 6. The summed E-state index contributed by atoms with van der Waals surface area (Å²) in [6.45, 7) is 6.80. The maximum Gasteiger partial charge on any atom is 0.407 e. The summed E-state index contributed by atoms with van der Waals surface area (Å²) in [4.78, 5) is 22.4. The van der Waals surface area contributed by atoms with Gasteiger partial charge in [0, 0.05) is 18.9 Å². The minimum absolute atomic E-state index is 0.0994. The van der Waals surface area contributed by atoms with Crippen molar-refractivity contribution >= 4 is 12.1 Å². The van der Waals surface area contributed by atoms with Crippen molar-refractivity contribution < 1.29 is 23.8 Å². The quantitative estimate of drug-likeness (QED) is 0.449. The molecule has 1 aliphatic rings. The van der Waals surface area contributed by atoms with Crippen LogP contribution >= 0.6 is 0 Å².